The molecule has 122 valence electrons. The summed E-state index contributed by atoms with van der Waals surface area (Å²) in [6.45, 7) is 2.61. The van der Waals surface area contributed by atoms with Crippen LogP contribution in [-0.4, -0.2) is 30.3 Å². The zero-order chi connectivity index (χ0) is 16.8. The van der Waals surface area contributed by atoms with Crippen LogP contribution < -0.4 is 4.90 Å². The van der Waals surface area contributed by atoms with Crippen LogP contribution in [0.15, 0.2) is 54.6 Å². The Morgan fingerprint density at radius 3 is 2.25 bits per heavy atom. The molecule has 2 aliphatic rings. The lowest BCUT2D eigenvalue weighted by atomic mass is 9.89. The fourth-order valence-electron chi connectivity index (χ4n) is 4.05. The van der Waals surface area contributed by atoms with Gasteiger partial charge in [0.25, 0.3) is 0 Å². The van der Waals surface area contributed by atoms with Gasteiger partial charge in [-0.05, 0) is 31.7 Å². The van der Waals surface area contributed by atoms with E-state index in [1.54, 1.807) is 0 Å². The van der Waals surface area contributed by atoms with Crippen LogP contribution >= 0.6 is 0 Å². The quantitative estimate of drug-likeness (QED) is 0.799. The number of imide groups is 1. The maximum atomic E-state index is 13.1. The standard InChI is InChI=1S/C20H20N2O2/c1-13-8-10-15(11-9-13)22-19(23)16-12-21(2)18(17(16)20(22)24)14-6-4-3-5-7-14/h3-11,16-18H,12H2,1-2H3/t16?,17-,18+/m1/s1. The second kappa shape index (κ2) is 5.56. The summed E-state index contributed by atoms with van der Waals surface area (Å²) < 4.78 is 0. The van der Waals surface area contributed by atoms with E-state index in [4.69, 9.17) is 0 Å². The fraction of sp³-hybridized carbons (Fsp3) is 0.300. The normalized spacial score (nSPS) is 26.9. The van der Waals surface area contributed by atoms with Crippen molar-refractivity contribution in [2.24, 2.45) is 11.8 Å². The van der Waals surface area contributed by atoms with Crippen molar-refractivity contribution < 1.29 is 9.59 Å². The number of amides is 2. The van der Waals surface area contributed by atoms with Gasteiger partial charge in [0.15, 0.2) is 0 Å². The largest absolute Gasteiger partial charge is 0.298 e. The van der Waals surface area contributed by atoms with Crippen molar-refractivity contribution in [2.45, 2.75) is 13.0 Å². The SMILES string of the molecule is Cc1ccc(N2C(=O)C3CN(C)[C@@H](c4ccccc4)[C@@H]3C2=O)cc1. The fourth-order valence-corrected chi connectivity index (χ4v) is 4.05. The van der Waals surface area contributed by atoms with E-state index in [0.717, 1.165) is 11.1 Å². The summed E-state index contributed by atoms with van der Waals surface area (Å²) in [5.74, 6) is -0.702. The van der Waals surface area contributed by atoms with Crippen LogP contribution in [0.5, 0.6) is 0 Å². The summed E-state index contributed by atoms with van der Waals surface area (Å²) in [4.78, 5) is 29.5. The van der Waals surface area contributed by atoms with Gasteiger partial charge < -0.3 is 0 Å². The molecule has 2 fully saturated rings. The van der Waals surface area contributed by atoms with E-state index >= 15 is 0 Å². The van der Waals surface area contributed by atoms with E-state index in [1.807, 2.05) is 68.6 Å². The number of fused-ring (bicyclic) bond motifs is 1. The van der Waals surface area contributed by atoms with Crippen molar-refractivity contribution in [1.82, 2.24) is 4.90 Å². The number of aryl methyl sites for hydroxylation is 1. The van der Waals surface area contributed by atoms with Gasteiger partial charge in [-0.1, -0.05) is 48.0 Å². The monoisotopic (exact) mass is 320 g/mol. The molecule has 3 atom stereocenters. The molecule has 0 aromatic heterocycles. The molecule has 1 unspecified atom stereocenters. The maximum absolute atomic E-state index is 13.1. The number of hydrogen-bond donors (Lipinski definition) is 0. The topological polar surface area (TPSA) is 40.6 Å². The number of carbonyl (C=O) groups excluding carboxylic acids is 2. The third kappa shape index (κ3) is 2.18. The number of likely N-dealkylation sites (tertiary alicyclic amines) is 1. The van der Waals surface area contributed by atoms with Gasteiger partial charge in [0, 0.05) is 12.6 Å². The van der Waals surface area contributed by atoms with E-state index in [2.05, 4.69) is 4.90 Å². The molecule has 24 heavy (non-hydrogen) atoms. The number of anilines is 1. The molecule has 2 heterocycles. The van der Waals surface area contributed by atoms with Crippen LogP contribution in [0.3, 0.4) is 0 Å². The summed E-state index contributed by atoms with van der Waals surface area (Å²) in [7, 11) is 1.99. The minimum atomic E-state index is -0.300. The van der Waals surface area contributed by atoms with E-state index < -0.39 is 0 Å². The van der Waals surface area contributed by atoms with Gasteiger partial charge in [-0.2, -0.15) is 0 Å². The van der Waals surface area contributed by atoms with Crippen molar-refractivity contribution in [3.63, 3.8) is 0 Å². The number of hydrogen-bond acceptors (Lipinski definition) is 3. The van der Waals surface area contributed by atoms with E-state index in [-0.39, 0.29) is 29.7 Å². The predicted molar refractivity (Wildman–Crippen MR) is 92.5 cm³/mol. The third-order valence-electron chi connectivity index (χ3n) is 5.21. The highest BCUT2D eigenvalue weighted by molar-refractivity contribution is 6.22. The van der Waals surface area contributed by atoms with Gasteiger partial charge in [0.2, 0.25) is 11.8 Å². The lowest BCUT2D eigenvalue weighted by molar-refractivity contribution is -0.123. The summed E-state index contributed by atoms with van der Waals surface area (Å²) in [6.07, 6.45) is 0. The molecule has 2 saturated heterocycles. The molecule has 0 aliphatic carbocycles. The number of nitrogens with zero attached hydrogens (tertiary/aromatic N) is 2. The second-order valence-electron chi connectivity index (χ2n) is 6.77. The molecule has 2 aliphatic heterocycles. The van der Waals surface area contributed by atoms with Crippen LogP contribution in [0.4, 0.5) is 5.69 Å². The zero-order valence-electron chi connectivity index (χ0n) is 13.8. The number of carbonyl (C=O) groups is 2. The van der Waals surface area contributed by atoms with E-state index in [9.17, 15) is 9.59 Å². The molecule has 2 aromatic carbocycles. The smallest absolute Gasteiger partial charge is 0.239 e. The van der Waals surface area contributed by atoms with Gasteiger partial charge in [-0.25, -0.2) is 4.90 Å². The highest BCUT2D eigenvalue weighted by Gasteiger charge is 2.57. The van der Waals surface area contributed by atoms with E-state index in [1.165, 1.54) is 4.90 Å². The number of rotatable bonds is 2. The van der Waals surface area contributed by atoms with Crippen LogP contribution in [-0.2, 0) is 9.59 Å². The Labute approximate surface area is 141 Å². The first-order chi connectivity index (χ1) is 11.6. The van der Waals surface area contributed by atoms with Gasteiger partial charge in [-0.15, -0.1) is 0 Å². The average molecular weight is 320 g/mol. The van der Waals surface area contributed by atoms with Gasteiger partial charge >= 0.3 is 0 Å². The van der Waals surface area contributed by atoms with Crippen molar-refractivity contribution in [2.75, 3.05) is 18.5 Å². The average Bonchev–Trinajstić information content (AvgIpc) is 3.05. The Balaban J connectivity index is 1.72. The first-order valence-electron chi connectivity index (χ1n) is 8.27. The van der Waals surface area contributed by atoms with Crippen LogP contribution in [0.25, 0.3) is 0 Å². The van der Waals surface area contributed by atoms with Gasteiger partial charge in [0.1, 0.15) is 0 Å². The molecular formula is C20H20N2O2. The molecule has 0 spiro atoms. The maximum Gasteiger partial charge on any atom is 0.239 e. The Bertz CT molecular complexity index is 785. The number of benzene rings is 2. The minimum Gasteiger partial charge on any atom is -0.298 e. The van der Waals surface area contributed by atoms with Crippen molar-refractivity contribution in [1.29, 1.82) is 0 Å². The van der Waals surface area contributed by atoms with Crippen molar-refractivity contribution >= 4 is 17.5 Å². The van der Waals surface area contributed by atoms with Crippen LogP contribution in [0, 0.1) is 18.8 Å². The van der Waals surface area contributed by atoms with Crippen molar-refractivity contribution in [3.05, 3.63) is 65.7 Å². The molecule has 2 aromatic rings. The molecule has 2 amide bonds. The summed E-state index contributed by atoms with van der Waals surface area (Å²) in [5, 5.41) is 0. The molecule has 0 bridgehead atoms. The molecule has 0 radical (unpaired) electrons. The minimum absolute atomic E-state index is 0.0388. The lowest BCUT2D eigenvalue weighted by Gasteiger charge is -2.25. The Morgan fingerprint density at radius 2 is 1.58 bits per heavy atom. The Morgan fingerprint density at radius 1 is 0.917 bits per heavy atom. The van der Waals surface area contributed by atoms with Crippen LogP contribution in [0.2, 0.25) is 0 Å². The highest BCUT2D eigenvalue weighted by Crippen LogP contribution is 2.46. The molecule has 4 heteroatoms. The Hall–Kier alpha value is -2.46. The second-order valence-corrected chi connectivity index (χ2v) is 6.77. The third-order valence-corrected chi connectivity index (χ3v) is 5.21. The summed E-state index contributed by atoms with van der Waals surface area (Å²) in [5.41, 5.74) is 2.89. The molecule has 0 saturated carbocycles. The highest BCUT2D eigenvalue weighted by atomic mass is 16.2. The lowest BCUT2D eigenvalue weighted by Crippen LogP contribution is -2.36. The summed E-state index contributed by atoms with van der Waals surface area (Å²) in [6, 6.07) is 17.5. The van der Waals surface area contributed by atoms with E-state index in [0.29, 0.717) is 12.2 Å². The molecule has 0 N–H and O–H groups in total. The van der Waals surface area contributed by atoms with Gasteiger partial charge in [0.05, 0.1) is 17.5 Å². The molecule has 4 nitrogen and oxygen atoms in total. The van der Waals surface area contributed by atoms with Crippen molar-refractivity contribution in [3.8, 4) is 0 Å². The summed E-state index contributed by atoms with van der Waals surface area (Å²) >= 11 is 0. The molecule has 4 rings (SSSR count). The molecular weight excluding hydrogens is 300 g/mol. The Kier molecular flexibility index (Phi) is 3.50. The zero-order valence-corrected chi connectivity index (χ0v) is 13.8. The van der Waals surface area contributed by atoms with Gasteiger partial charge in [-0.3, -0.25) is 14.5 Å². The first-order valence-corrected chi connectivity index (χ1v) is 8.27. The first kappa shape index (κ1) is 15.1. The predicted octanol–water partition coefficient (Wildman–Crippen LogP) is 2.79. The van der Waals surface area contributed by atoms with Crippen LogP contribution in [0.1, 0.15) is 17.2 Å².